The van der Waals surface area contributed by atoms with Crippen molar-refractivity contribution in [2.75, 3.05) is 21.3 Å². The molecule has 2 aromatic rings. The molecule has 0 aromatic heterocycles. The molecule has 170 valence electrons. The Morgan fingerprint density at radius 2 is 1.52 bits per heavy atom. The molecule has 0 aliphatic carbocycles. The van der Waals surface area contributed by atoms with Crippen LogP contribution in [0.4, 0.5) is 0 Å². The summed E-state index contributed by atoms with van der Waals surface area (Å²) in [7, 11) is 0.802. The van der Waals surface area contributed by atoms with Gasteiger partial charge in [0.1, 0.15) is 5.75 Å². The van der Waals surface area contributed by atoms with Crippen LogP contribution in [0, 0.1) is 6.92 Å². The quantitative estimate of drug-likeness (QED) is 0.641. The number of carbonyl (C=O) groups excluding carboxylic acids is 1. The highest BCUT2D eigenvalue weighted by Crippen LogP contribution is 2.34. The van der Waals surface area contributed by atoms with Crippen molar-refractivity contribution in [3.8, 4) is 17.2 Å². The Hall–Kier alpha value is -2.78. The van der Waals surface area contributed by atoms with Crippen LogP contribution in [0.15, 0.2) is 35.2 Å². The van der Waals surface area contributed by atoms with Crippen LogP contribution in [0.1, 0.15) is 42.3 Å². The van der Waals surface area contributed by atoms with Gasteiger partial charge >= 0.3 is 0 Å². The summed E-state index contributed by atoms with van der Waals surface area (Å²) in [6.07, 6.45) is 0. The molecule has 0 saturated carbocycles. The van der Waals surface area contributed by atoms with E-state index >= 15 is 0 Å². The highest BCUT2D eigenvalue weighted by molar-refractivity contribution is 7.89. The molecule has 2 rings (SSSR count). The first-order valence-electron chi connectivity index (χ1n) is 9.63. The van der Waals surface area contributed by atoms with E-state index in [0.29, 0.717) is 28.4 Å². The van der Waals surface area contributed by atoms with Gasteiger partial charge in [0.2, 0.25) is 10.0 Å². The maximum Gasteiger partial charge on any atom is 0.251 e. The van der Waals surface area contributed by atoms with Crippen LogP contribution < -0.4 is 24.2 Å². The van der Waals surface area contributed by atoms with E-state index in [9.17, 15) is 13.2 Å². The van der Waals surface area contributed by atoms with E-state index in [1.807, 2.05) is 0 Å². The van der Waals surface area contributed by atoms with E-state index in [1.54, 1.807) is 45.9 Å². The van der Waals surface area contributed by atoms with Gasteiger partial charge in [0.15, 0.2) is 11.5 Å². The highest BCUT2D eigenvalue weighted by Gasteiger charge is 2.23. The van der Waals surface area contributed by atoms with Crippen LogP contribution in [-0.2, 0) is 16.6 Å². The second kappa shape index (κ2) is 9.57. The predicted octanol–water partition coefficient (Wildman–Crippen LogP) is 3.03. The minimum Gasteiger partial charge on any atom is -0.496 e. The van der Waals surface area contributed by atoms with Crippen molar-refractivity contribution in [2.45, 2.75) is 44.7 Å². The molecule has 8 nitrogen and oxygen atoms in total. The lowest BCUT2D eigenvalue weighted by Crippen LogP contribution is -2.40. The number of methoxy groups -OCH3 is 3. The molecule has 0 aliphatic rings. The number of benzene rings is 2. The Labute approximate surface area is 184 Å². The SMILES string of the molecule is COc1cc(OC)c(OC)cc1CNC(=O)c1cc(S(=O)(=O)NC(C)(C)C)ccc1C. The topological polar surface area (TPSA) is 103 Å². The van der Waals surface area contributed by atoms with Crippen LogP contribution in [-0.4, -0.2) is 41.2 Å². The number of nitrogens with one attached hydrogen (secondary N) is 2. The summed E-state index contributed by atoms with van der Waals surface area (Å²) in [6, 6.07) is 7.88. The molecule has 0 atom stereocenters. The van der Waals surface area contributed by atoms with Gasteiger partial charge < -0.3 is 19.5 Å². The first-order chi connectivity index (χ1) is 14.4. The zero-order valence-electron chi connectivity index (χ0n) is 19.0. The first kappa shape index (κ1) is 24.5. The molecule has 0 unspecified atom stereocenters. The summed E-state index contributed by atoms with van der Waals surface area (Å²) in [5, 5.41) is 2.82. The lowest BCUT2D eigenvalue weighted by molar-refractivity contribution is 0.0950. The molecule has 9 heteroatoms. The molecule has 0 spiro atoms. The second-order valence-corrected chi connectivity index (χ2v) is 9.72. The minimum atomic E-state index is -3.77. The van der Waals surface area contributed by atoms with E-state index in [2.05, 4.69) is 10.0 Å². The Bertz CT molecular complexity index is 1060. The molecule has 1 amide bonds. The molecule has 2 aromatic carbocycles. The van der Waals surface area contributed by atoms with Gasteiger partial charge in [-0.3, -0.25) is 4.79 Å². The fourth-order valence-electron chi connectivity index (χ4n) is 2.98. The summed E-state index contributed by atoms with van der Waals surface area (Å²) in [6.45, 7) is 7.16. The molecule has 0 bridgehead atoms. The fraction of sp³-hybridized carbons (Fsp3) is 0.409. The minimum absolute atomic E-state index is 0.0295. The summed E-state index contributed by atoms with van der Waals surface area (Å²) in [5.41, 5.74) is 0.975. The largest absolute Gasteiger partial charge is 0.496 e. The van der Waals surface area contributed by atoms with E-state index in [0.717, 1.165) is 0 Å². The average molecular weight is 451 g/mol. The van der Waals surface area contributed by atoms with E-state index < -0.39 is 21.5 Å². The third-order valence-electron chi connectivity index (χ3n) is 4.43. The molecule has 0 saturated heterocycles. The third kappa shape index (κ3) is 6.11. The van der Waals surface area contributed by atoms with Gasteiger partial charge in [-0.15, -0.1) is 0 Å². The van der Waals surface area contributed by atoms with Crippen LogP contribution >= 0.6 is 0 Å². The van der Waals surface area contributed by atoms with Crippen molar-refractivity contribution in [1.29, 1.82) is 0 Å². The van der Waals surface area contributed by atoms with Crippen molar-refractivity contribution in [1.82, 2.24) is 10.0 Å². The van der Waals surface area contributed by atoms with E-state index in [4.69, 9.17) is 14.2 Å². The van der Waals surface area contributed by atoms with Crippen molar-refractivity contribution >= 4 is 15.9 Å². The molecule has 0 heterocycles. The van der Waals surface area contributed by atoms with Crippen molar-refractivity contribution in [2.24, 2.45) is 0 Å². The average Bonchev–Trinajstić information content (AvgIpc) is 2.69. The first-order valence-corrected chi connectivity index (χ1v) is 11.1. The standard InChI is InChI=1S/C22H30N2O6S/c1-14-8-9-16(31(26,27)24-22(2,3)4)11-17(14)21(25)23-13-15-10-19(29-6)20(30-7)12-18(15)28-5/h8-12,24H,13H2,1-7H3,(H,23,25). The summed E-state index contributed by atoms with van der Waals surface area (Å²) < 4.78 is 43.8. The number of sulfonamides is 1. The maximum atomic E-state index is 12.9. The van der Waals surface area contributed by atoms with Gasteiger partial charge in [0.05, 0.1) is 26.2 Å². The zero-order valence-corrected chi connectivity index (χ0v) is 19.8. The number of ether oxygens (including phenoxy) is 3. The molecular weight excluding hydrogens is 420 g/mol. The molecule has 2 N–H and O–H groups in total. The van der Waals surface area contributed by atoms with Crippen LogP contribution in [0.3, 0.4) is 0 Å². The van der Waals surface area contributed by atoms with Gasteiger partial charge in [0, 0.05) is 29.3 Å². The van der Waals surface area contributed by atoms with Crippen molar-refractivity contribution < 1.29 is 27.4 Å². The van der Waals surface area contributed by atoms with Crippen LogP contribution in [0.25, 0.3) is 0 Å². The molecule has 0 aliphatic heterocycles. The smallest absolute Gasteiger partial charge is 0.251 e. The predicted molar refractivity (Wildman–Crippen MR) is 119 cm³/mol. The number of hydrogen-bond donors (Lipinski definition) is 2. The Morgan fingerprint density at radius 1 is 0.935 bits per heavy atom. The van der Waals surface area contributed by atoms with Crippen molar-refractivity contribution in [3.05, 3.63) is 47.0 Å². The van der Waals surface area contributed by atoms with Gasteiger partial charge in [-0.2, -0.15) is 0 Å². The Morgan fingerprint density at radius 3 is 2.06 bits per heavy atom. The lowest BCUT2D eigenvalue weighted by Gasteiger charge is -2.21. The van der Waals surface area contributed by atoms with E-state index in [-0.39, 0.29) is 17.0 Å². The molecule has 0 fully saturated rings. The van der Waals surface area contributed by atoms with Crippen molar-refractivity contribution in [3.63, 3.8) is 0 Å². The third-order valence-corrected chi connectivity index (χ3v) is 6.19. The van der Waals surface area contributed by atoms with Gasteiger partial charge in [-0.05, 0) is 51.5 Å². The Balaban J connectivity index is 2.29. The zero-order chi connectivity index (χ0) is 23.4. The van der Waals surface area contributed by atoms with Gasteiger partial charge in [-0.1, -0.05) is 6.07 Å². The number of carbonyl (C=O) groups is 1. The monoisotopic (exact) mass is 450 g/mol. The number of rotatable bonds is 8. The maximum absolute atomic E-state index is 12.9. The van der Waals surface area contributed by atoms with Gasteiger partial charge in [0.25, 0.3) is 5.91 Å². The van der Waals surface area contributed by atoms with Gasteiger partial charge in [-0.25, -0.2) is 13.1 Å². The highest BCUT2D eigenvalue weighted by atomic mass is 32.2. The van der Waals surface area contributed by atoms with E-state index in [1.165, 1.54) is 33.5 Å². The summed E-state index contributed by atoms with van der Waals surface area (Å²) in [5.74, 6) is 1.14. The number of aryl methyl sites for hydroxylation is 1. The molecular formula is C22H30N2O6S. The fourth-order valence-corrected chi connectivity index (χ4v) is 4.42. The lowest BCUT2D eigenvalue weighted by atomic mass is 10.1. The normalized spacial score (nSPS) is 11.7. The number of hydrogen-bond acceptors (Lipinski definition) is 6. The molecule has 0 radical (unpaired) electrons. The summed E-state index contributed by atoms with van der Waals surface area (Å²) >= 11 is 0. The van der Waals surface area contributed by atoms with Crippen LogP contribution in [0.5, 0.6) is 17.2 Å². The van der Waals surface area contributed by atoms with Crippen LogP contribution in [0.2, 0.25) is 0 Å². The Kier molecular flexibility index (Phi) is 7.56. The summed E-state index contributed by atoms with van der Waals surface area (Å²) in [4.78, 5) is 12.9. The molecule has 31 heavy (non-hydrogen) atoms. The number of amides is 1. The second-order valence-electron chi connectivity index (χ2n) is 8.03.